The molecule has 1 aromatic heterocycles. The van der Waals surface area contributed by atoms with Crippen LogP contribution in [0.15, 0.2) is 5.38 Å². The number of ether oxygens (including phenoxy) is 1. The van der Waals surface area contributed by atoms with Gasteiger partial charge in [-0.05, 0) is 25.2 Å². The molecule has 1 aliphatic carbocycles. The monoisotopic (exact) mass is 267 g/mol. The molecule has 0 unspecified atom stereocenters. The Morgan fingerprint density at radius 1 is 1.56 bits per heavy atom. The van der Waals surface area contributed by atoms with E-state index in [0.717, 1.165) is 42.8 Å². The maximum Gasteiger partial charge on any atom is 0.312 e. The summed E-state index contributed by atoms with van der Waals surface area (Å²) in [5.41, 5.74) is 0.881. The molecular weight excluding hydrogens is 246 g/mol. The quantitative estimate of drug-likeness (QED) is 0.769. The lowest BCUT2D eigenvalue weighted by Crippen LogP contribution is -2.40. The molecule has 0 aromatic carbocycles. The molecule has 1 saturated carbocycles. The van der Waals surface area contributed by atoms with Crippen molar-refractivity contribution in [3.63, 3.8) is 0 Å². The third kappa shape index (κ3) is 2.74. The molecule has 0 atom stereocenters. The molecule has 3 nitrogen and oxygen atoms in total. The van der Waals surface area contributed by atoms with Gasteiger partial charge in [0.05, 0.1) is 23.2 Å². The number of thiazole rings is 1. The minimum atomic E-state index is -0.276. The average Bonchev–Trinajstić information content (AvgIpc) is 2.69. The Morgan fingerprint density at radius 3 is 2.78 bits per heavy atom. The minimum Gasteiger partial charge on any atom is -0.469 e. The molecule has 0 N–H and O–H groups in total. The van der Waals surface area contributed by atoms with Gasteiger partial charge in [0.15, 0.2) is 0 Å². The zero-order valence-corrected chi connectivity index (χ0v) is 12.2. The van der Waals surface area contributed by atoms with Crippen LogP contribution in [0.3, 0.4) is 0 Å². The van der Waals surface area contributed by atoms with Crippen molar-refractivity contribution in [3.05, 3.63) is 16.1 Å². The summed E-state index contributed by atoms with van der Waals surface area (Å²) in [6, 6.07) is 0. The lowest BCUT2D eigenvalue weighted by atomic mass is 9.67. The summed E-state index contributed by atoms with van der Waals surface area (Å²) in [6.07, 6.45) is 4.78. The number of carbonyl (C=O) groups excluding carboxylic acids is 1. The maximum absolute atomic E-state index is 11.9. The third-order valence-corrected chi connectivity index (χ3v) is 4.53. The number of esters is 1. The highest BCUT2D eigenvalue weighted by atomic mass is 32.1. The van der Waals surface area contributed by atoms with Crippen LogP contribution in [-0.2, 0) is 22.4 Å². The van der Waals surface area contributed by atoms with Gasteiger partial charge < -0.3 is 4.74 Å². The van der Waals surface area contributed by atoms with Crippen LogP contribution in [0.25, 0.3) is 0 Å². The van der Waals surface area contributed by atoms with Crippen LogP contribution in [0.2, 0.25) is 0 Å². The molecule has 0 bridgehead atoms. The number of rotatable bonds is 5. The second-order valence-electron chi connectivity index (χ2n) is 5.63. The second-order valence-corrected chi connectivity index (χ2v) is 6.58. The molecule has 1 aromatic rings. The van der Waals surface area contributed by atoms with Gasteiger partial charge in [0.25, 0.3) is 0 Å². The van der Waals surface area contributed by atoms with E-state index in [0.29, 0.717) is 5.92 Å². The molecule has 2 rings (SSSR count). The van der Waals surface area contributed by atoms with Crippen molar-refractivity contribution < 1.29 is 9.53 Å². The van der Waals surface area contributed by atoms with Gasteiger partial charge in [-0.25, -0.2) is 4.98 Å². The van der Waals surface area contributed by atoms with Crippen molar-refractivity contribution in [1.82, 2.24) is 4.98 Å². The van der Waals surface area contributed by atoms with Crippen molar-refractivity contribution in [2.24, 2.45) is 11.3 Å². The fourth-order valence-corrected chi connectivity index (χ4v) is 3.46. The van der Waals surface area contributed by atoms with Crippen LogP contribution < -0.4 is 0 Å². The molecule has 4 heteroatoms. The fourth-order valence-electron chi connectivity index (χ4n) is 2.50. The first kappa shape index (κ1) is 13.5. The first-order valence-electron chi connectivity index (χ1n) is 6.57. The van der Waals surface area contributed by atoms with Gasteiger partial charge >= 0.3 is 5.97 Å². The maximum atomic E-state index is 11.9. The number of nitrogens with zero attached hydrogens (tertiary/aromatic N) is 1. The van der Waals surface area contributed by atoms with E-state index in [9.17, 15) is 4.79 Å². The normalized spacial score (nSPS) is 17.6. The largest absolute Gasteiger partial charge is 0.469 e. The zero-order valence-electron chi connectivity index (χ0n) is 11.4. The summed E-state index contributed by atoms with van der Waals surface area (Å²) in [7, 11) is 1.48. The van der Waals surface area contributed by atoms with Gasteiger partial charge in [-0.3, -0.25) is 4.79 Å². The first-order chi connectivity index (χ1) is 8.55. The molecule has 0 radical (unpaired) electrons. The summed E-state index contributed by atoms with van der Waals surface area (Å²) in [6.45, 7) is 4.39. The van der Waals surface area contributed by atoms with E-state index < -0.39 is 0 Å². The van der Waals surface area contributed by atoms with E-state index >= 15 is 0 Å². The predicted octanol–water partition coefficient (Wildman–Crippen LogP) is 3.23. The van der Waals surface area contributed by atoms with E-state index in [1.54, 1.807) is 11.3 Å². The number of hydrogen-bond acceptors (Lipinski definition) is 4. The molecule has 1 aliphatic rings. The minimum absolute atomic E-state index is 0.0608. The van der Waals surface area contributed by atoms with Crippen molar-refractivity contribution in [1.29, 1.82) is 0 Å². The highest BCUT2D eigenvalue weighted by Gasteiger charge is 2.45. The van der Waals surface area contributed by atoms with Crippen LogP contribution in [0.5, 0.6) is 0 Å². The molecule has 1 heterocycles. The SMILES string of the molecule is COC(=O)C1(Cc2nc(CC(C)C)cs2)CCC1. The standard InChI is InChI=1S/C14H21NO2S/c1-10(2)7-11-9-18-12(15-11)8-14(5-4-6-14)13(16)17-3/h9-10H,4-8H2,1-3H3. The Bertz CT molecular complexity index is 421. The summed E-state index contributed by atoms with van der Waals surface area (Å²) in [4.78, 5) is 16.5. The smallest absolute Gasteiger partial charge is 0.312 e. The van der Waals surface area contributed by atoms with Gasteiger partial charge in [0, 0.05) is 11.8 Å². The topological polar surface area (TPSA) is 39.2 Å². The zero-order chi connectivity index (χ0) is 13.2. The summed E-state index contributed by atoms with van der Waals surface area (Å²) >= 11 is 1.68. The molecule has 0 spiro atoms. The number of aromatic nitrogens is 1. The van der Waals surface area contributed by atoms with E-state index in [1.807, 2.05) is 0 Å². The Kier molecular flexibility index (Phi) is 4.05. The Labute approximate surface area is 113 Å². The summed E-state index contributed by atoms with van der Waals surface area (Å²) < 4.78 is 4.94. The number of methoxy groups -OCH3 is 1. The number of hydrogen-bond donors (Lipinski definition) is 0. The van der Waals surface area contributed by atoms with Crippen LogP contribution in [0, 0.1) is 11.3 Å². The lowest BCUT2D eigenvalue weighted by molar-refractivity contribution is -0.158. The van der Waals surface area contributed by atoms with Crippen molar-refractivity contribution in [3.8, 4) is 0 Å². The van der Waals surface area contributed by atoms with E-state index in [2.05, 4.69) is 24.2 Å². The molecule has 0 amide bonds. The van der Waals surface area contributed by atoms with Gasteiger partial charge in [0.2, 0.25) is 0 Å². The van der Waals surface area contributed by atoms with E-state index in [1.165, 1.54) is 7.11 Å². The van der Waals surface area contributed by atoms with Crippen LogP contribution in [-0.4, -0.2) is 18.1 Å². The van der Waals surface area contributed by atoms with Crippen molar-refractivity contribution in [2.45, 2.75) is 46.0 Å². The summed E-state index contributed by atoms with van der Waals surface area (Å²) in [5.74, 6) is 0.563. The van der Waals surface area contributed by atoms with Gasteiger partial charge in [-0.15, -0.1) is 11.3 Å². The molecule has 18 heavy (non-hydrogen) atoms. The van der Waals surface area contributed by atoms with Crippen molar-refractivity contribution >= 4 is 17.3 Å². The van der Waals surface area contributed by atoms with Gasteiger partial charge in [0.1, 0.15) is 0 Å². The molecule has 0 aliphatic heterocycles. The molecule has 0 saturated heterocycles. The van der Waals surface area contributed by atoms with Crippen LogP contribution in [0.4, 0.5) is 0 Å². The Morgan fingerprint density at radius 2 is 2.28 bits per heavy atom. The summed E-state index contributed by atoms with van der Waals surface area (Å²) in [5, 5.41) is 3.20. The van der Waals surface area contributed by atoms with Gasteiger partial charge in [-0.1, -0.05) is 20.3 Å². The van der Waals surface area contributed by atoms with Crippen LogP contribution >= 0.6 is 11.3 Å². The Balaban J connectivity index is 2.04. The van der Waals surface area contributed by atoms with Crippen molar-refractivity contribution in [2.75, 3.05) is 7.11 Å². The average molecular weight is 267 g/mol. The molecule has 1 fully saturated rings. The highest BCUT2D eigenvalue weighted by molar-refractivity contribution is 7.09. The van der Waals surface area contributed by atoms with Crippen LogP contribution in [0.1, 0.15) is 43.8 Å². The Hall–Kier alpha value is -0.900. The van der Waals surface area contributed by atoms with Gasteiger partial charge in [-0.2, -0.15) is 0 Å². The second kappa shape index (κ2) is 5.39. The van der Waals surface area contributed by atoms with E-state index in [4.69, 9.17) is 4.74 Å². The molecular formula is C14H21NO2S. The predicted molar refractivity (Wildman–Crippen MR) is 72.7 cm³/mol. The third-order valence-electron chi connectivity index (χ3n) is 3.64. The number of carbonyl (C=O) groups is 1. The molecule has 100 valence electrons. The first-order valence-corrected chi connectivity index (χ1v) is 7.45. The fraction of sp³-hybridized carbons (Fsp3) is 0.714. The lowest BCUT2D eigenvalue weighted by Gasteiger charge is -2.38. The van der Waals surface area contributed by atoms with E-state index in [-0.39, 0.29) is 11.4 Å². The highest BCUT2D eigenvalue weighted by Crippen LogP contribution is 2.45.